The van der Waals surface area contributed by atoms with Crippen LogP contribution >= 0.6 is 0 Å². The van der Waals surface area contributed by atoms with E-state index in [-0.39, 0.29) is 24.5 Å². The summed E-state index contributed by atoms with van der Waals surface area (Å²) in [5, 5.41) is 19.3. The molecule has 0 aromatic heterocycles. The molecule has 152 valence electrons. The van der Waals surface area contributed by atoms with E-state index in [1.807, 2.05) is 41.3 Å². The number of carboxylic acid groups (broad SMARTS) is 1. The number of hydrogen-bond donors (Lipinski definition) is 2. The molecule has 5 heteroatoms. The smallest absolute Gasteiger partial charge is 0.303 e. The Labute approximate surface area is 167 Å². The summed E-state index contributed by atoms with van der Waals surface area (Å²) >= 11 is 0. The molecule has 0 spiro atoms. The second kappa shape index (κ2) is 9.87. The first-order chi connectivity index (χ1) is 13.6. The number of likely N-dealkylation sites (tertiary alicyclic amines) is 1. The Morgan fingerprint density at radius 2 is 1.86 bits per heavy atom. The number of rotatable bonds is 9. The van der Waals surface area contributed by atoms with Gasteiger partial charge in [-0.25, -0.2) is 0 Å². The summed E-state index contributed by atoms with van der Waals surface area (Å²) in [5.74, 6) is -0.261. The van der Waals surface area contributed by atoms with Crippen LogP contribution in [-0.2, 0) is 9.59 Å². The fourth-order valence-electron chi connectivity index (χ4n) is 4.30. The second-order valence-corrected chi connectivity index (χ2v) is 8.03. The molecular weight excluding hydrogens is 354 g/mol. The SMILES string of the molecule is O=C(O)CCCC=CCN1C(=O)C[C@@H]1c1ccc(C(O)C2CCCCC2)cc1. The van der Waals surface area contributed by atoms with Crippen LogP contribution in [0, 0.1) is 5.92 Å². The Morgan fingerprint density at radius 1 is 1.14 bits per heavy atom. The number of amides is 1. The Balaban J connectivity index is 1.52. The minimum Gasteiger partial charge on any atom is -0.481 e. The van der Waals surface area contributed by atoms with Gasteiger partial charge >= 0.3 is 5.97 Å². The fourth-order valence-corrected chi connectivity index (χ4v) is 4.30. The zero-order valence-electron chi connectivity index (χ0n) is 16.4. The largest absolute Gasteiger partial charge is 0.481 e. The molecule has 2 fully saturated rings. The molecule has 1 aliphatic heterocycles. The van der Waals surface area contributed by atoms with Gasteiger partial charge in [-0.3, -0.25) is 9.59 Å². The number of carbonyl (C=O) groups excluding carboxylic acids is 1. The molecule has 2 aliphatic rings. The minimum atomic E-state index is -0.775. The average molecular weight is 386 g/mol. The number of aliphatic hydroxyl groups is 1. The quantitative estimate of drug-likeness (QED) is 0.376. The molecule has 1 aromatic rings. The van der Waals surface area contributed by atoms with Crippen LogP contribution in [-0.4, -0.2) is 33.5 Å². The summed E-state index contributed by atoms with van der Waals surface area (Å²) in [6.07, 6.45) is 11.5. The number of aliphatic carboxylic acids is 1. The molecule has 1 saturated heterocycles. The highest BCUT2D eigenvalue weighted by atomic mass is 16.4. The van der Waals surface area contributed by atoms with Crippen molar-refractivity contribution in [3.8, 4) is 0 Å². The zero-order valence-corrected chi connectivity index (χ0v) is 16.4. The minimum absolute atomic E-state index is 0.0945. The first-order valence-corrected chi connectivity index (χ1v) is 10.5. The molecule has 1 aliphatic carbocycles. The van der Waals surface area contributed by atoms with Gasteiger partial charge in [0.15, 0.2) is 0 Å². The van der Waals surface area contributed by atoms with Crippen LogP contribution in [0.4, 0.5) is 0 Å². The number of aliphatic hydroxyl groups excluding tert-OH is 1. The number of carboxylic acids is 1. The van der Waals surface area contributed by atoms with Crippen molar-refractivity contribution in [2.24, 2.45) is 5.92 Å². The van der Waals surface area contributed by atoms with E-state index < -0.39 is 5.97 Å². The van der Waals surface area contributed by atoms with E-state index in [0.29, 0.717) is 31.7 Å². The number of benzene rings is 1. The summed E-state index contributed by atoms with van der Waals surface area (Å²) in [4.78, 5) is 24.3. The molecule has 3 rings (SSSR count). The lowest BCUT2D eigenvalue weighted by Gasteiger charge is -2.40. The van der Waals surface area contributed by atoms with Gasteiger partial charge in [-0.15, -0.1) is 0 Å². The second-order valence-electron chi connectivity index (χ2n) is 8.03. The van der Waals surface area contributed by atoms with Crippen molar-refractivity contribution < 1.29 is 19.8 Å². The van der Waals surface area contributed by atoms with Gasteiger partial charge in [-0.2, -0.15) is 0 Å². The van der Waals surface area contributed by atoms with E-state index in [1.165, 1.54) is 19.3 Å². The third kappa shape index (κ3) is 5.22. The maximum atomic E-state index is 12.0. The Morgan fingerprint density at radius 3 is 2.50 bits per heavy atom. The normalized spacial score (nSPS) is 21.7. The van der Waals surface area contributed by atoms with E-state index in [0.717, 1.165) is 24.0 Å². The molecule has 1 aromatic carbocycles. The van der Waals surface area contributed by atoms with Crippen LogP contribution in [0.2, 0.25) is 0 Å². The molecule has 1 heterocycles. The zero-order chi connectivity index (χ0) is 19.9. The number of unbranched alkanes of at least 4 members (excludes halogenated alkanes) is 1. The molecule has 2 atom stereocenters. The van der Waals surface area contributed by atoms with Gasteiger partial charge < -0.3 is 15.1 Å². The first-order valence-electron chi connectivity index (χ1n) is 10.5. The van der Waals surface area contributed by atoms with Gasteiger partial charge in [-0.05, 0) is 42.7 Å². The predicted molar refractivity (Wildman–Crippen MR) is 108 cm³/mol. The Hall–Kier alpha value is -2.14. The van der Waals surface area contributed by atoms with Crippen molar-refractivity contribution in [1.82, 2.24) is 4.90 Å². The summed E-state index contributed by atoms with van der Waals surface area (Å²) in [5.41, 5.74) is 2.09. The van der Waals surface area contributed by atoms with Crippen molar-refractivity contribution in [1.29, 1.82) is 0 Å². The number of allylic oxidation sites excluding steroid dienone is 1. The van der Waals surface area contributed by atoms with Crippen molar-refractivity contribution in [3.05, 3.63) is 47.5 Å². The number of β-lactam (4-membered cyclic amide) rings is 1. The van der Waals surface area contributed by atoms with Crippen molar-refractivity contribution in [2.45, 2.75) is 69.9 Å². The molecule has 0 bridgehead atoms. The molecule has 2 N–H and O–H groups in total. The van der Waals surface area contributed by atoms with Gasteiger partial charge in [0, 0.05) is 13.0 Å². The lowest BCUT2D eigenvalue weighted by atomic mass is 9.82. The first kappa shape index (κ1) is 20.6. The monoisotopic (exact) mass is 385 g/mol. The standard InChI is InChI=1S/C23H31NO4/c25-21-16-20(24(21)15-7-2-1-6-10-22(26)27)17-11-13-19(14-12-17)23(28)18-8-4-3-5-9-18/h2,7,11-14,18,20,23,28H,1,3-6,8-10,15-16H2,(H,26,27)/t20-,23?/m1/s1. The van der Waals surface area contributed by atoms with Crippen LogP contribution in [0.1, 0.15) is 81.1 Å². The topological polar surface area (TPSA) is 77.8 Å². The molecule has 0 radical (unpaired) electrons. The molecule has 1 amide bonds. The van der Waals surface area contributed by atoms with E-state index in [2.05, 4.69) is 0 Å². The Kier molecular flexibility index (Phi) is 7.26. The highest BCUT2D eigenvalue weighted by Crippen LogP contribution is 2.37. The number of nitrogens with zero attached hydrogens (tertiary/aromatic N) is 1. The van der Waals surface area contributed by atoms with E-state index in [4.69, 9.17) is 5.11 Å². The summed E-state index contributed by atoms with van der Waals surface area (Å²) in [6, 6.07) is 8.20. The average Bonchev–Trinajstić information content (AvgIpc) is 2.71. The summed E-state index contributed by atoms with van der Waals surface area (Å²) in [7, 11) is 0. The van der Waals surface area contributed by atoms with Crippen LogP contribution in [0.25, 0.3) is 0 Å². The number of carbonyl (C=O) groups is 2. The molecule has 5 nitrogen and oxygen atoms in total. The van der Waals surface area contributed by atoms with Crippen LogP contribution < -0.4 is 0 Å². The molecule has 1 saturated carbocycles. The molecule has 1 unspecified atom stereocenters. The van der Waals surface area contributed by atoms with Gasteiger partial charge in [0.25, 0.3) is 0 Å². The molecule has 28 heavy (non-hydrogen) atoms. The lowest BCUT2D eigenvalue weighted by Crippen LogP contribution is -2.46. The van der Waals surface area contributed by atoms with E-state index in [9.17, 15) is 14.7 Å². The van der Waals surface area contributed by atoms with E-state index >= 15 is 0 Å². The molecular formula is C23H31NO4. The lowest BCUT2D eigenvalue weighted by molar-refractivity contribution is -0.145. The number of hydrogen-bond acceptors (Lipinski definition) is 3. The highest BCUT2D eigenvalue weighted by molar-refractivity contribution is 5.83. The van der Waals surface area contributed by atoms with Gasteiger partial charge in [0.1, 0.15) is 0 Å². The third-order valence-electron chi connectivity index (χ3n) is 6.05. The van der Waals surface area contributed by atoms with Crippen molar-refractivity contribution in [2.75, 3.05) is 6.54 Å². The van der Waals surface area contributed by atoms with Gasteiger partial charge in [-0.1, -0.05) is 55.7 Å². The van der Waals surface area contributed by atoms with Crippen LogP contribution in [0.3, 0.4) is 0 Å². The third-order valence-corrected chi connectivity index (χ3v) is 6.05. The maximum Gasteiger partial charge on any atom is 0.303 e. The summed E-state index contributed by atoms with van der Waals surface area (Å²) < 4.78 is 0. The Bertz CT molecular complexity index is 691. The maximum absolute atomic E-state index is 12.0. The summed E-state index contributed by atoms with van der Waals surface area (Å²) in [6.45, 7) is 0.559. The van der Waals surface area contributed by atoms with Crippen LogP contribution in [0.5, 0.6) is 0 Å². The van der Waals surface area contributed by atoms with Crippen LogP contribution in [0.15, 0.2) is 36.4 Å². The predicted octanol–water partition coefficient (Wildman–Crippen LogP) is 4.38. The fraction of sp³-hybridized carbons (Fsp3) is 0.565. The van der Waals surface area contributed by atoms with Crippen molar-refractivity contribution in [3.63, 3.8) is 0 Å². The van der Waals surface area contributed by atoms with Gasteiger partial charge in [0.05, 0.1) is 18.6 Å². The van der Waals surface area contributed by atoms with Gasteiger partial charge in [0.2, 0.25) is 5.91 Å². The van der Waals surface area contributed by atoms with E-state index in [1.54, 1.807) is 0 Å². The van der Waals surface area contributed by atoms with Crippen molar-refractivity contribution >= 4 is 11.9 Å². The highest BCUT2D eigenvalue weighted by Gasteiger charge is 2.36.